The summed E-state index contributed by atoms with van der Waals surface area (Å²) in [6.45, 7) is 3.85. The van der Waals surface area contributed by atoms with Crippen LogP contribution in [0.5, 0.6) is 5.75 Å². The molecule has 0 aliphatic heterocycles. The van der Waals surface area contributed by atoms with Crippen molar-refractivity contribution in [1.29, 1.82) is 0 Å². The number of halogens is 2. The van der Waals surface area contributed by atoms with Gasteiger partial charge in [0, 0.05) is 0 Å². The van der Waals surface area contributed by atoms with Crippen LogP contribution in [0.15, 0.2) is 52.5 Å². The van der Waals surface area contributed by atoms with Crippen LogP contribution in [0.3, 0.4) is 0 Å². The van der Waals surface area contributed by atoms with Crippen LogP contribution in [0.25, 0.3) is 0 Å². The van der Waals surface area contributed by atoms with Crippen LogP contribution in [0.4, 0.5) is 0 Å². The number of sulfonamides is 1. The Kier molecular flexibility index (Phi) is 6.10. The van der Waals surface area contributed by atoms with Crippen LogP contribution in [0, 0.1) is 0 Å². The highest BCUT2D eigenvalue weighted by Gasteiger charge is 2.14. The van der Waals surface area contributed by atoms with Crippen molar-refractivity contribution in [2.24, 2.45) is 5.10 Å². The van der Waals surface area contributed by atoms with E-state index < -0.39 is 10.0 Å². The average Bonchev–Trinajstić information content (AvgIpc) is 2.49. The van der Waals surface area contributed by atoms with Gasteiger partial charge in [-0.15, -0.1) is 0 Å². The first-order valence-corrected chi connectivity index (χ1v) is 9.28. The second-order valence-corrected chi connectivity index (χ2v) is 7.64. The normalized spacial score (nSPS) is 11.9. The van der Waals surface area contributed by atoms with Gasteiger partial charge < -0.3 is 4.74 Å². The Hall–Kier alpha value is -1.76. The zero-order valence-electron chi connectivity index (χ0n) is 13.0. The maximum atomic E-state index is 12.1. The van der Waals surface area contributed by atoms with E-state index in [1.807, 2.05) is 19.9 Å². The van der Waals surface area contributed by atoms with Crippen LogP contribution < -0.4 is 9.57 Å². The second-order valence-electron chi connectivity index (χ2n) is 5.17. The lowest BCUT2D eigenvalue weighted by Gasteiger charge is -2.09. The third-order valence-electron chi connectivity index (χ3n) is 2.82. The monoisotopic (exact) mass is 386 g/mol. The first-order chi connectivity index (χ1) is 11.3. The van der Waals surface area contributed by atoms with Crippen molar-refractivity contribution in [1.82, 2.24) is 4.83 Å². The Labute approximate surface area is 151 Å². The van der Waals surface area contributed by atoms with Crippen molar-refractivity contribution >= 4 is 39.4 Å². The molecule has 0 saturated heterocycles. The quantitative estimate of drug-likeness (QED) is 0.600. The first-order valence-electron chi connectivity index (χ1n) is 7.04. The van der Waals surface area contributed by atoms with Crippen molar-refractivity contribution in [2.75, 3.05) is 0 Å². The molecule has 0 bridgehead atoms. The zero-order chi connectivity index (χ0) is 17.7. The molecule has 0 radical (unpaired) electrons. The summed E-state index contributed by atoms with van der Waals surface area (Å²) < 4.78 is 29.9. The van der Waals surface area contributed by atoms with Gasteiger partial charge in [-0.05, 0) is 49.7 Å². The summed E-state index contributed by atoms with van der Waals surface area (Å²) in [5.41, 5.74) is 0.699. The first kappa shape index (κ1) is 18.6. The van der Waals surface area contributed by atoms with E-state index >= 15 is 0 Å². The molecule has 0 aromatic heterocycles. The molecule has 0 atom stereocenters. The third-order valence-corrected chi connectivity index (χ3v) is 4.78. The van der Waals surface area contributed by atoms with E-state index in [0.29, 0.717) is 11.3 Å². The van der Waals surface area contributed by atoms with Gasteiger partial charge in [-0.1, -0.05) is 35.3 Å². The second kappa shape index (κ2) is 7.88. The van der Waals surface area contributed by atoms with Gasteiger partial charge in [0.25, 0.3) is 10.0 Å². The number of hydrogen-bond donors (Lipinski definition) is 1. The molecule has 0 heterocycles. The van der Waals surface area contributed by atoms with Crippen LogP contribution in [0.2, 0.25) is 10.0 Å². The van der Waals surface area contributed by atoms with E-state index in [1.54, 1.807) is 18.2 Å². The number of nitrogens with zero attached hydrogens (tertiary/aromatic N) is 1. The maximum absolute atomic E-state index is 12.1. The smallest absolute Gasteiger partial charge is 0.276 e. The number of hydrogen-bond acceptors (Lipinski definition) is 4. The Balaban J connectivity index is 2.11. The average molecular weight is 387 g/mol. The molecule has 0 amide bonds. The highest BCUT2D eigenvalue weighted by Crippen LogP contribution is 2.24. The fourth-order valence-electron chi connectivity index (χ4n) is 1.81. The molecule has 24 heavy (non-hydrogen) atoms. The molecule has 2 rings (SSSR count). The number of rotatable bonds is 6. The summed E-state index contributed by atoms with van der Waals surface area (Å²) in [6.07, 6.45) is 1.44. The number of benzene rings is 2. The van der Waals surface area contributed by atoms with Crippen LogP contribution >= 0.6 is 23.2 Å². The van der Waals surface area contributed by atoms with E-state index in [1.165, 1.54) is 24.4 Å². The fraction of sp³-hybridized carbons (Fsp3) is 0.188. The molecule has 1 N–H and O–H groups in total. The molecule has 0 aliphatic rings. The molecular formula is C16H16Cl2N2O3S. The van der Waals surface area contributed by atoms with Crippen molar-refractivity contribution in [3.63, 3.8) is 0 Å². The summed E-state index contributed by atoms with van der Waals surface area (Å²) in [5.74, 6) is 0.682. The zero-order valence-corrected chi connectivity index (χ0v) is 15.4. The van der Waals surface area contributed by atoms with Crippen molar-refractivity contribution in [2.45, 2.75) is 24.8 Å². The summed E-state index contributed by atoms with van der Waals surface area (Å²) in [4.78, 5) is 2.11. The van der Waals surface area contributed by atoms with Gasteiger partial charge in [-0.25, -0.2) is 4.83 Å². The Bertz CT molecular complexity index is 852. The maximum Gasteiger partial charge on any atom is 0.276 e. The predicted octanol–water partition coefficient (Wildman–Crippen LogP) is 4.09. The largest absolute Gasteiger partial charge is 0.491 e. The van der Waals surface area contributed by atoms with Gasteiger partial charge in [0.15, 0.2) is 0 Å². The lowest BCUT2D eigenvalue weighted by Crippen LogP contribution is -2.18. The van der Waals surface area contributed by atoms with Gasteiger partial charge in [-0.2, -0.15) is 13.5 Å². The van der Waals surface area contributed by atoms with Gasteiger partial charge in [0.2, 0.25) is 0 Å². The van der Waals surface area contributed by atoms with Gasteiger partial charge in [0.05, 0.1) is 27.3 Å². The van der Waals surface area contributed by atoms with Gasteiger partial charge >= 0.3 is 0 Å². The van der Waals surface area contributed by atoms with Crippen molar-refractivity contribution < 1.29 is 13.2 Å². The lowest BCUT2D eigenvalue weighted by molar-refractivity contribution is 0.242. The summed E-state index contributed by atoms with van der Waals surface area (Å²) in [6, 6.07) is 11.2. The predicted molar refractivity (Wildman–Crippen MR) is 96.6 cm³/mol. The third kappa shape index (κ3) is 5.12. The number of nitrogens with one attached hydrogen (secondary N) is 1. The van der Waals surface area contributed by atoms with Crippen LogP contribution in [-0.4, -0.2) is 20.7 Å². The minimum absolute atomic E-state index is 0.0223. The molecule has 5 nitrogen and oxygen atoms in total. The molecular weight excluding hydrogens is 371 g/mol. The van der Waals surface area contributed by atoms with Gasteiger partial charge in [0.1, 0.15) is 5.75 Å². The highest BCUT2D eigenvalue weighted by atomic mass is 35.5. The minimum Gasteiger partial charge on any atom is -0.491 e. The Morgan fingerprint density at radius 2 is 1.88 bits per heavy atom. The molecule has 8 heteroatoms. The number of hydrazone groups is 1. The van der Waals surface area contributed by atoms with Crippen LogP contribution in [-0.2, 0) is 10.0 Å². The molecule has 2 aromatic rings. The van der Waals surface area contributed by atoms with Gasteiger partial charge in [-0.3, -0.25) is 0 Å². The Morgan fingerprint density at radius 3 is 2.54 bits per heavy atom. The topological polar surface area (TPSA) is 67.8 Å². The molecule has 0 spiro atoms. The van der Waals surface area contributed by atoms with Crippen molar-refractivity contribution in [3.05, 3.63) is 58.1 Å². The Morgan fingerprint density at radius 1 is 1.12 bits per heavy atom. The molecule has 0 unspecified atom stereocenters. The van der Waals surface area contributed by atoms with Crippen molar-refractivity contribution in [3.8, 4) is 5.75 Å². The summed E-state index contributed by atoms with van der Waals surface area (Å²) in [7, 11) is -3.82. The van der Waals surface area contributed by atoms with E-state index in [-0.39, 0.29) is 21.0 Å². The summed E-state index contributed by atoms with van der Waals surface area (Å²) in [5, 5.41) is 4.20. The van der Waals surface area contributed by atoms with E-state index in [2.05, 4.69) is 9.93 Å². The molecule has 2 aromatic carbocycles. The van der Waals surface area contributed by atoms with Crippen LogP contribution in [0.1, 0.15) is 19.4 Å². The fourth-order valence-corrected chi connectivity index (χ4v) is 2.99. The standard InChI is InChI=1S/C16H16Cl2N2O3S/c1-11(2)23-13-5-3-4-12(8-13)10-19-20-24(21,22)14-6-7-15(17)16(18)9-14/h3-11,20H,1-2H3/b19-10+. The van der Waals surface area contributed by atoms with E-state index in [9.17, 15) is 8.42 Å². The lowest BCUT2D eigenvalue weighted by atomic mass is 10.2. The molecule has 0 saturated carbocycles. The summed E-state index contributed by atoms with van der Waals surface area (Å²) >= 11 is 11.6. The highest BCUT2D eigenvalue weighted by molar-refractivity contribution is 7.89. The molecule has 128 valence electrons. The van der Waals surface area contributed by atoms with E-state index in [0.717, 1.165) is 0 Å². The SMILES string of the molecule is CC(C)Oc1cccc(/C=N/NS(=O)(=O)c2ccc(Cl)c(Cl)c2)c1. The molecule has 0 aliphatic carbocycles. The minimum atomic E-state index is -3.82. The molecule has 0 fully saturated rings. The van der Waals surface area contributed by atoms with E-state index in [4.69, 9.17) is 27.9 Å². The number of ether oxygens (including phenoxy) is 1.